The summed E-state index contributed by atoms with van der Waals surface area (Å²) in [5.74, 6) is 1.10. The fraction of sp³-hybridized carbons (Fsp3) is 0.562. The van der Waals surface area contributed by atoms with Gasteiger partial charge in [0, 0.05) is 5.69 Å². The summed E-state index contributed by atoms with van der Waals surface area (Å²) in [5, 5.41) is 0. The fourth-order valence-electron chi connectivity index (χ4n) is 2.59. The van der Waals surface area contributed by atoms with Gasteiger partial charge < -0.3 is 10.5 Å². The second-order valence-corrected chi connectivity index (χ2v) is 5.87. The van der Waals surface area contributed by atoms with E-state index in [1.807, 2.05) is 13.0 Å². The van der Waals surface area contributed by atoms with Crippen LogP contribution < -0.4 is 5.73 Å². The SMILES string of the molecule is Cc1ccc(C(=O)OC2CCC(C)C(C)C2)cc1N. The molecule has 3 heteroatoms. The van der Waals surface area contributed by atoms with E-state index in [-0.39, 0.29) is 12.1 Å². The summed E-state index contributed by atoms with van der Waals surface area (Å²) >= 11 is 0. The molecule has 3 unspecified atom stereocenters. The molecule has 0 saturated heterocycles. The van der Waals surface area contributed by atoms with Gasteiger partial charge in [-0.1, -0.05) is 19.9 Å². The minimum absolute atomic E-state index is 0.0567. The largest absolute Gasteiger partial charge is 0.459 e. The summed E-state index contributed by atoms with van der Waals surface area (Å²) in [6.07, 6.45) is 3.13. The molecule has 3 nitrogen and oxygen atoms in total. The molecule has 0 aromatic heterocycles. The second-order valence-electron chi connectivity index (χ2n) is 5.87. The molecule has 1 aromatic carbocycles. The smallest absolute Gasteiger partial charge is 0.338 e. The first-order chi connectivity index (χ1) is 8.97. The zero-order valence-corrected chi connectivity index (χ0v) is 12.0. The first-order valence-electron chi connectivity index (χ1n) is 7.04. The van der Waals surface area contributed by atoms with Crippen LogP contribution in [0.25, 0.3) is 0 Å². The Morgan fingerprint density at radius 3 is 2.63 bits per heavy atom. The van der Waals surface area contributed by atoms with E-state index in [1.54, 1.807) is 12.1 Å². The van der Waals surface area contributed by atoms with E-state index in [0.717, 1.165) is 30.7 Å². The number of aryl methyl sites for hydroxylation is 1. The van der Waals surface area contributed by atoms with Crippen molar-refractivity contribution in [2.45, 2.75) is 46.1 Å². The Balaban J connectivity index is 1.99. The number of esters is 1. The van der Waals surface area contributed by atoms with Crippen LogP contribution in [0.3, 0.4) is 0 Å². The van der Waals surface area contributed by atoms with Crippen LogP contribution in [0.5, 0.6) is 0 Å². The van der Waals surface area contributed by atoms with Crippen molar-refractivity contribution in [3.8, 4) is 0 Å². The van der Waals surface area contributed by atoms with E-state index < -0.39 is 0 Å². The van der Waals surface area contributed by atoms with Gasteiger partial charge in [0.2, 0.25) is 0 Å². The van der Waals surface area contributed by atoms with Crippen molar-refractivity contribution in [2.75, 3.05) is 5.73 Å². The third-order valence-electron chi connectivity index (χ3n) is 4.34. The molecule has 2 N–H and O–H groups in total. The first kappa shape index (κ1) is 13.9. The third kappa shape index (κ3) is 3.28. The highest BCUT2D eigenvalue weighted by molar-refractivity contribution is 5.90. The van der Waals surface area contributed by atoms with Gasteiger partial charge in [-0.15, -0.1) is 0 Å². The lowest BCUT2D eigenvalue weighted by Gasteiger charge is -2.31. The summed E-state index contributed by atoms with van der Waals surface area (Å²) < 4.78 is 5.60. The molecule has 0 radical (unpaired) electrons. The fourth-order valence-corrected chi connectivity index (χ4v) is 2.59. The molecule has 0 aliphatic heterocycles. The monoisotopic (exact) mass is 261 g/mol. The van der Waals surface area contributed by atoms with Gasteiger partial charge in [-0.05, 0) is 55.7 Å². The number of nitrogen functional groups attached to an aromatic ring is 1. The summed E-state index contributed by atoms with van der Waals surface area (Å²) in [5.41, 5.74) is 8.00. The molecule has 3 atom stereocenters. The number of nitrogens with two attached hydrogens (primary N) is 1. The van der Waals surface area contributed by atoms with Crippen molar-refractivity contribution in [2.24, 2.45) is 11.8 Å². The maximum absolute atomic E-state index is 12.1. The normalized spacial score (nSPS) is 27.0. The lowest BCUT2D eigenvalue weighted by atomic mass is 9.80. The molecule has 1 aromatic rings. The lowest BCUT2D eigenvalue weighted by molar-refractivity contribution is 0.00879. The topological polar surface area (TPSA) is 52.3 Å². The van der Waals surface area contributed by atoms with Gasteiger partial charge in [0.25, 0.3) is 0 Å². The molecule has 1 saturated carbocycles. The number of benzene rings is 1. The number of carbonyl (C=O) groups excluding carboxylic acids is 1. The van der Waals surface area contributed by atoms with Crippen LogP contribution in [-0.2, 0) is 4.74 Å². The minimum atomic E-state index is -0.251. The predicted molar refractivity (Wildman–Crippen MR) is 77.0 cm³/mol. The van der Waals surface area contributed by atoms with Crippen LogP contribution in [0.4, 0.5) is 5.69 Å². The third-order valence-corrected chi connectivity index (χ3v) is 4.34. The molecule has 1 aliphatic carbocycles. The first-order valence-corrected chi connectivity index (χ1v) is 7.04. The van der Waals surface area contributed by atoms with Crippen molar-refractivity contribution in [1.82, 2.24) is 0 Å². The Labute approximate surface area is 115 Å². The van der Waals surface area contributed by atoms with E-state index in [9.17, 15) is 4.79 Å². The van der Waals surface area contributed by atoms with Gasteiger partial charge in [0.05, 0.1) is 5.56 Å². The second kappa shape index (κ2) is 5.64. The zero-order chi connectivity index (χ0) is 14.0. The number of ether oxygens (including phenoxy) is 1. The molecule has 0 bridgehead atoms. The van der Waals surface area contributed by atoms with E-state index >= 15 is 0 Å². The van der Waals surface area contributed by atoms with Crippen molar-refractivity contribution < 1.29 is 9.53 Å². The summed E-state index contributed by atoms with van der Waals surface area (Å²) in [6, 6.07) is 5.34. The van der Waals surface area contributed by atoms with E-state index in [0.29, 0.717) is 17.2 Å². The summed E-state index contributed by atoms with van der Waals surface area (Å²) in [6.45, 7) is 6.42. The Morgan fingerprint density at radius 2 is 2.00 bits per heavy atom. The van der Waals surface area contributed by atoms with Crippen LogP contribution >= 0.6 is 0 Å². The molecule has 2 rings (SSSR count). The highest BCUT2D eigenvalue weighted by atomic mass is 16.5. The molecule has 0 heterocycles. The lowest BCUT2D eigenvalue weighted by Crippen LogP contribution is -2.28. The van der Waals surface area contributed by atoms with Crippen LogP contribution in [0.15, 0.2) is 18.2 Å². The molecule has 104 valence electrons. The summed E-state index contributed by atoms with van der Waals surface area (Å²) in [7, 11) is 0. The van der Waals surface area contributed by atoms with Crippen molar-refractivity contribution >= 4 is 11.7 Å². The maximum Gasteiger partial charge on any atom is 0.338 e. The Hall–Kier alpha value is -1.51. The Kier molecular flexibility index (Phi) is 4.13. The number of hydrogen-bond donors (Lipinski definition) is 1. The average Bonchev–Trinajstić information content (AvgIpc) is 2.37. The zero-order valence-electron chi connectivity index (χ0n) is 12.0. The van der Waals surface area contributed by atoms with Gasteiger partial charge in [0.1, 0.15) is 6.10 Å². The Bertz CT molecular complexity index is 470. The van der Waals surface area contributed by atoms with Gasteiger partial charge in [0.15, 0.2) is 0 Å². The van der Waals surface area contributed by atoms with E-state index in [4.69, 9.17) is 10.5 Å². The number of anilines is 1. The molecule has 0 amide bonds. The minimum Gasteiger partial charge on any atom is -0.459 e. The van der Waals surface area contributed by atoms with Gasteiger partial charge in [-0.2, -0.15) is 0 Å². The van der Waals surface area contributed by atoms with Crippen LogP contribution in [0, 0.1) is 18.8 Å². The Morgan fingerprint density at radius 1 is 1.26 bits per heavy atom. The van der Waals surface area contributed by atoms with E-state index in [2.05, 4.69) is 13.8 Å². The van der Waals surface area contributed by atoms with Crippen LogP contribution in [-0.4, -0.2) is 12.1 Å². The molecule has 1 fully saturated rings. The molecular formula is C16H23NO2. The standard InChI is InChI=1S/C16H23NO2/c1-10-5-7-14(8-12(10)3)19-16(18)13-6-4-11(2)15(17)9-13/h4,6,9-10,12,14H,5,7-8,17H2,1-3H3. The van der Waals surface area contributed by atoms with Crippen molar-refractivity contribution in [3.05, 3.63) is 29.3 Å². The van der Waals surface area contributed by atoms with E-state index in [1.165, 1.54) is 0 Å². The molecular weight excluding hydrogens is 238 g/mol. The van der Waals surface area contributed by atoms with Crippen molar-refractivity contribution in [3.63, 3.8) is 0 Å². The quantitative estimate of drug-likeness (QED) is 0.654. The highest BCUT2D eigenvalue weighted by Crippen LogP contribution is 2.31. The van der Waals surface area contributed by atoms with Crippen LogP contribution in [0.1, 0.15) is 49.0 Å². The van der Waals surface area contributed by atoms with Crippen molar-refractivity contribution in [1.29, 1.82) is 0 Å². The average molecular weight is 261 g/mol. The number of rotatable bonds is 2. The predicted octanol–water partition coefficient (Wildman–Crippen LogP) is 3.56. The summed E-state index contributed by atoms with van der Waals surface area (Å²) in [4.78, 5) is 12.1. The highest BCUT2D eigenvalue weighted by Gasteiger charge is 2.27. The molecule has 1 aliphatic rings. The van der Waals surface area contributed by atoms with Gasteiger partial charge in [-0.3, -0.25) is 0 Å². The number of carbonyl (C=O) groups is 1. The maximum atomic E-state index is 12.1. The number of hydrogen-bond acceptors (Lipinski definition) is 3. The molecule has 0 spiro atoms. The molecule has 19 heavy (non-hydrogen) atoms. The van der Waals surface area contributed by atoms with Crippen LogP contribution in [0.2, 0.25) is 0 Å². The van der Waals surface area contributed by atoms with Gasteiger partial charge in [-0.25, -0.2) is 4.79 Å². The van der Waals surface area contributed by atoms with Gasteiger partial charge >= 0.3 is 5.97 Å².